The molecule has 20 heavy (non-hydrogen) atoms. The van der Waals surface area contributed by atoms with Gasteiger partial charge in [0, 0.05) is 7.11 Å². The standard InChI is InChI=1S/C15H19NO4/c1-20-13(11-5-3-2-4-6-11)14(17)16-12(15(18)19)9-10-7-8-10/h2-6,10,12-13H,7-9H2,1H3,(H,16,17)(H,18,19)/t12-,13+/m0/s1. The van der Waals surface area contributed by atoms with Gasteiger partial charge in [0.1, 0.15) is 6.04 Å². The molecular weight excluding hydrogens is 258 g/mol. The van der Waals surface area contributed by atoms with Gasteiger partial charge in [0.2, 0.25) is 0 Å². The van der Waals surface area contributed by atoms with Gasteiger partial charge in [-0.05, 0) is 17.9 Å². The van der Waals surface area contributed by atoms with E-state index < -0.39 is 24.0 Å². The van der Waals surface area contributed by atoms with Crippen molar-refractivity contribution >= 4 is 11.9 Å². The predicted molar refractivity (Wildman–Crippen MR) is 73.1 cm³/mol. The molecule has 5 nitrogen and oxygen atoms in total. The van der Waals surface area contributed by atoms with E-state index in [0.717, 1.165) is 12.8 Å². The molecule has 0 aliphatic heterocycles. The Kier molecular flexibility index (Phi) is 4.74. The number of carboxylic acids is 1. The number of amides is 1. The van der Waals surface area contributed by atoms with Crippen LogP contribution in [0, 0.1) is 5.92 Å². The van der Waals surface area contributed by atoms with Crippen molar-refractivity contribution < 1.29 is 19.4 Å². The average Bonchev–Trinajstić information content (AvgIpc) is 3.24. The van der Waals surface area contributed by atoms with Crippen LogP contribution in [0.15, 0.2) is 30.3 Å². The van der Waals surface area contributed by atoms with Crippen molar-refractivity contribution in [2.24, 2.45) is 5.92 Å². The van der Waals surface area contributed by atoms with Crippen LogP contribution in [0.5, 0.6) is 0 Å². The van der Waals surface area contributed by atoms with Crippen LogP contribution in [-0.4, -0.2) is 30.1 Å². The third-order valence-electron chi connectivity index (χ3n) is 3.46. The smallest absolute Gasteiger partial charge is 0.326 e. The van der Waals surface area contributed by atoms with Crippen molar-refractivity contribution in [2.45, 2.75) is 31.4 Å². The summed E-state index contributed by atoms with van der Waals surface area (Å²) in [7, 11) is 1.44. The van der Waals surface area contributed by atoms with Gasteiger partial charge in [-0.15, -0.1) is 0 Å². The van der Waals surface area contributed by atoms with Gasteiger partial charge in [-0.1, -0.05) is 43.2 Å². The molecule has 0 saturated heterocycles. The average molecular weight is 277 g/mol. The molecule has 0 radical (unpaired) electrons. The molecule has 1 aromatic rings. The second-order valence-electron chi connectivity index (χ2n) is 5.10. The number of nitrogens with one attached hydrogen (secondary N) is 1. The second kappa shape index (κ2) is 6.52. The van der Waals surface area contributed by atoms with E-state index in [1.54, 1.807) is 12.1 Å². The minimum absolute atomic E-state index is 0.410. The molecule has 0 unspecified atom stereocenters. The van der Waals surface area contributed by atoms with Gasteiger partial charge >= 0.3 is 5.97 Å². The molecule has 1 amide bonds. The molecule has 0 bridgehead atoms. The second-order valence-corrected chi connectivity index (χ2v) is 5.10. The fourth-order valence-corrected chi connectivity index (χ4v) is 2.18. The maximum Gasteiger partial charge on any atom is 0.326 e. The third kappa shape index (κ3) is 3.81. The highest BCUT2D eigenvalue weighted by molar-refractivity contribution is 5.87. The maximum atomic E-state index is 12.2. The van der Waals surface area contributed by atoms with Crippen LogP contribution in [0.2, 0.25) is 0 Å². The van der Waals surface area contributed by atoms with Gasteiger partial charge in [0.05, 0.1) is 0 Å². The van der Waals surface area contributed by atoms with Crippen molar-refractivity contribution in [3.05, 3.63) is 35.9 Å². The zero-order valence-electron chi connectivity index (χ0n) is 11.4. The third-order valence-corrected chi connectivity index (χ3v) is 3.46. The van der Waals surface area contributed by atoms with Crippen molar-refractivity contribution in [3.8, 4) is 0 Å². The SMILES string of the molecule is CO[C@@H](C(=O)N[C@@H](CC1CC1)C(=O)O)c1ccccc1. The summed E-state index contributed by atoms with van der Waals surface area (Å²) in [5, 5.41) is 11.7. The number of rotatable bonds is 7. The van der Waals surface area contributed by atoms with E-state index in [4.69, 9.17) is 9.84 Å². The number of carboxylic acid groups (broad SMARTS) is 1. The number of carbonyl (C=O) groups is 2. The Hall–Kier alpha value is -1.88. The van der Waals surface area contributed by atoms with Crippen LogP contribution in [-0.2, 0) is 14.3 Å². The fraction of sp³-hybridized carbons (Fsp3) is 0.467. The van der Waals surface area contributed by atoms with Gasteiger partial charge in [-0.25, -0.2) is 4.79 Å². The zero-order valence-corrected chi connectivity index (χ0v) is 11.4. The molecule has 1 fully saturated rings. The number of hydrogen-bond donors (Lipinski definition) is 2. The van der Waals surface area contributed by atoms with Crippen LogP contribution >= 0.6 is 0 Å². The van der Waals surface area contributed by atoms with Crippen LogP contribution < -0.4 is 5.32 Å². The molecule has 1 saturated carbocycles. The van der Waals surface area contributed by atoms with Crippen molar-refractivity contribution in [2.75, 3.05) is 7.11 Å². The van der Waals surface area contributed by atoms with Crippen LogP contribution in [0.1, 0.15) is 30.9 Å². The largest absolute Gasteiger partial charge is 0.480 e. The summed E-state index contributed by atoms with van der Waals surface area (Å²) in [6.45, 7) is 0. The summed E-state index contributed by atoms with van der Waals surface area (Å²) < 4.78 is 5.19. The highest BCUT2D eigenvalue weighted by atomic mass is 16.5. The Balaban J connectivity index is 2.02. The number of hydrogen-bond acceptors (Lipinski definition) is 3. The van der Waals surface area contributed by atoms with Gasteiger partial charge in [-0.2, -0.15) is 0 Å². The summed E-state index contributed by atoms with van der Waals surface area (Å²) in [5.41, 5.74) is 0.711. The van der Waals surface area contributed by atoms with Crippen molar-refractivity contribution in [1.29, 1.82) is 0 Å². The van der Waals surface area contributed by atoms with Gasteiger partial charge < -0.3 is 15.2 Å². The first-order valence-corrected chi connectivity index (χ1v) is 6.72. The molecule has 1 aromatic carbocycles. The van der Waals surface area contributed by atoms with E-state index in [-0.39, 0.29) is 0 Å². The first kappa shape index (κ1) is 14.5. The Morgan fingerprint density at radius 1 is 1.35 bits per heavy atom. The summed E-state index contributed by atoms with van der Waals surface area (Å²) >= 11 is 0. The highest BCUT2D eigenvalue weighted by Gasteiger charge is 2.32. The van der Waals surface area contributed by atoms with E-state index in [9.17, 15) is 9.59 Å². The molecule has 1 aliphatic rings. The predicted octanol–water partition coefficient (Wildman–Crippen LogP) is 1.74. The molecule has 0 aromatic heterocycles. The van der Waals surface area contributed by atoms with Crippen LogP contribution in [0.4, 0.5) is 0 Å². The van der Waals surface area contributed by atoms with E-state index >= 15 is 0 Å². The summed E-state index contributed by atoms with van der Waals surface area (Å²) in [4.78, 5) is 23.4. The normalized spacial score (nSPS) is 17.2. The first-order valence-electron chi connectivity index (χ1n) is 6.72. The Labute approximate surface area is 117 Å². The number of methoxy groups -OCH3 is 1. The maximum absolute atomic E-state index is 12.2. The van der Waals surface area contributed by atoms with Crippen LogP contribution in [0.25, 0.3) is 0 Å². The monoisotopic (exact) mass is 277 g/mol. The number of ether oxygens (including phenoxy) is 1. The van der Waals surface area contributed by atoms with E-state index in [1.165, 1.54) is 7.11 Å². The highest BCUT2D eigenvalue weighted by Crippen LogP contribution is 2.33. The molecule has 1 aliphatic carbocycles. The van der Waals surface area contributed by atoms with E-state index in [0.29, 0.717) is 17.9 Å². The number of benzene rings is 1. The van der Waals surface area contributed by atoms with Crippen LogP contribution in [0.3, 0.4) is 0 Å². The summed E-state index contributed by atoms with van der Waals surface area (Å²) in [5.74, 6) is -0.978. The lowest BCUT2D eigenvalue weighted by Gasteiger charge is -2.19. The number of aliphatic carboxylic acids is 1. The lowest BCUT2D eigenvalue weighted by Crippen LogP contribution is -2.43. The molecular formula is C15H19NO4. The Bertz CT molecular complexity index is 470. The molecule has 2 atom stereocenters. The minimum atomic E-state index is -0.992. The minimum Gasteiger partial charge on any atom is -0.480 e. The van der Waals surface area contributed by atoms with Crippen molar-refractivity contribution in [1.82, 2.24) is 5.32 Å². The summed E-state index contributed by atoms with van der Waals surface area (Å²) in [6.07, 6.45) is 1.81. The first-order chi connectivity index (χ1) is 9.61. The molecule has 108 valence electrons. The van der Waals surface area contributed by atoms with Gasteiger partial charge in [0.15, 0.2) is 6.10 Å². The Morgan fingerprint density at radius 3 is 2.50 bits per heavy atom. The Morgan fingerprint density at radius 2 is 2.00 bits per heavy atom. The quantitative estimate of drug-likeness (QED) is 0.796. The van der Waals surface area contributed by atoms with Gasteiger partial charge in [0.25, 0.3) is 5.91 Å². The van der Waals surface area contributed by atoms with Crippen molar-refractivity contribution in [3.63, 3.8) is 0 Å². The molecule has 2 rings (SSSR count). The topological polar surface area (TPSA) is 75.6 Å². The van der Waals surface area contributed by atoms with E-state index in [2.05, 4.69) is 5.32 Å². The molecule has 0 spiro atoms. The zero-order chi connectivity index (χ0) is 14.5. The summed E-state index contributed by atoms with van der Waals surface area (Å²) in [6, 6.07) is 8.20. The number of carbonyl (C=O) groups excluding carboxylic acids is 1. The molecule has 2 N–H and O–H groups in total. The van der Waals surface area contributed by atoms with Gasteiger partial charge in [-0.3, -0.25) is 4.79 Å². The molecule has 0 heterocycles. The molecule has 5 heteroatoms. The lowest BCUT2D eigenvalue weighted by atomic mass is 10.1. The van der Waals surface area contributed by atoms with E-state index in [1.807, 2.05) is 18.2 Å². The lowest BCUT2D eigenvalue weighted by molar-refractivity contribution is -0.144. The fourth-order valence-electron chi connectivity index (χ4n) is 2.18.